The minimum atomic E-state index is -3.47. The van der Waals surface area contributed by atoms with E-state index in [9.17, 15) is 8.42 Å². The summed E-state index contributed by atoms with van der Waals surface area (Å²) in [6.45, 7) is 0.617. The van der Waals surface area contributed by atoms with Crippen LogP contribution in [0.3, 0.4) is 0 Å². The summed E-state index contributed by atoms with van der Waals surface area (Å²) in [5.41, 5.74) is 6.07. The van der Waals surface area contributed by atoms with E-state index >= 15 is 0 Å². The molecule has 3 rings (SSSR count). The minimum Gasteiger partial charge on any atom is -0.397 e. The zero-order valence-electron chi connectivity index (χ0n) is 12.0. The zero-order valence-corrected chi connectivity index (χ0v) is 13.5. The van der Waals surface area contributed by atoms with Crippen molar-refractivity contribution < 1.29 is 8.42 Å². The van der Waals surface area contributed by atoms with E-state index in [4.69, 9.17) is 17.3 Å². The molecule has 0 aromatic heterocycles. The van der Waals surface area contributed by atoms with Gasteiger partial charge in [-0.15, -0.1) is 0 Å². The molecule has 1 aliphatic heterocycles. The first kappa shape index (κ1) is 15.1. The van der Waals surface area contributed by atoms with Crippen molar-refractivity contribution in [3.05, 3.63) is 23.2 Å². The van der Waals surface area contributed by atoms with Crippen LogP contribution >= 0.6 is 11.6 Å². The van der Waals surface area contributed by atoms with Gasteiger partial charge in [-0.3, -0.25) is 0 Å². The van der Waals surface area contributed by atoms with Crippen LogP contribution in [0.1, 0.15) is 38.5 Å². The van der Waals surface area contributed by atoms with Gasteiger partial charge in [-0.1, -0.05) is 24.4 Å². The Morgan fingerprint density at radius 1 is 1.14 bits per heavy atom. The molecule has 1 heterocycles. The van der Waals surface area contributed by atoms with E-state index < -0.39 is 10.0 Å². The third-order valence-corrected chi connectivity index (χ3v) is 7.03. The predicted molar refractivity (Wildman–Crippen MR) is 84.7 cm³/mol. The van der Waals surface area contributed by atoms with Crippen LogP contribution in [0.2, 0.25) is 5.02 Å². The van der Waals surface area contributed by atoms with Crippen molar-refractivity contribution in [1.82, 2.24) is 4.31 Å². The van der Waals surface area contributed by atoms with Crippen LogP contribution in [-0.2, 0) is 10.0 Å². The largest absolute Gasteiger partial charge is 0.397 e. The van der Waals surface area contributed by atoms with Crippen molar-refractivity contribution in [3.8, 4) is 0 Å². The molecule has 21 heavy (non-hydrogen) atoms. The van der Waals surface area contributed by atoms with E-state index in [1.54, 1.807) is 16.4 Å². The van der Waals surface area contributed by atoms with E-state index in [0.717, 1.165) is 25.7 Å². The Morgan fingerprint density at radius 3 is 2.52 bits per heavy atom. The molecule has 6 heteroatoms. The van der Waals surface area contributed by atoms with Crippen LogP contribution in [0, 0.1) is 5.92 Å². The van der Waals surface area contributed by atoms with Crippen LogP contribution in [0.4, 0.5) is 5.69 Å². The predicted octanol–water partition coefficient (Wildman–Crippen LogP) is 3.27. The molecule has 0 spiro atoms. The molecule has 0 amide bonds. The molecule has 116 valence electrons. The highest BCUT2D eigenvalue weighted by Gasteiger charge is 2.40. The average molecular weight is 329 g/mol. The second-order valence-electron chi connectivity index (χ2n) is 6.05. The number of nitrogens with zero attached hydrogens (tertiary/aromatic N) is 1. The maximum Gasteiger partial charge on any atom is 0.243 e. The van der Waals surface area contributed by atoms with Gasteiger partial charge in [0, 0.05) is 12.6 Å². The van der Waals surface area contributed by atoms with E-state index in [0.29, 0.717) is 23.2 Å². The van der Waals surface area contributed by atoms with Crippen LogP contribution in [0.25, 0.3) is 0 Å². The number of anilines is 1. The number of hydrogen-bond acceptors (Lipinski definition) is 3. The maximum atomic E-state index is 12.9. The van der Waals surface area contributed by atoms with Gasteiger partial charge in [0.2, 0.25) is 10.0 Å². The first-order valence-corrected chi connectivity index (χ1v) is 9.39. The van der Waals surface area contributed by atoms with Gasteiger partial charge in [-0.2, -0.15) is 4.31 Å². The molecular formula is C15H21ClN2O2S. The quantitative estimate of drug-likeness (QED) is 0.866. The van der Waals surface area contributed by atoms with Crippen molar-refractivity contribution in [2.24, 2.45) is 5.92 Å². The van der Waals surface area contributed by atoms with Gasteiger partial charge in [0.15, 0.2) is 0 Å². The monoisotopic (exact) mass is 328 g/mol. The van der Waals surface area contributed by atoms with Crippen LogP contribution in [0.15, 0.2) is 23.1 Å². The fraction of sp³-hybridized carbons (Fsp3) is 0.600. The van der Waals surface area contributed by atoms with E-state index in [-0.39, 0.29) is 10.9 Å². The van der Waals surface area contributed by atoms with Gasteiger partial charge >= 0.3 is 0 Å². The summed E-state index contributed by atoms with van der Waals surface area (Å²) in [5, 5.41) is 0.391. The molecule has 1 saturated heterocycles. The molecule has 1 aromatic carbocycles. The Hall–Kier alpha value is -0.780. The highest BCUT2D eigenvalue weighted by molar-refractivity contribution is 7.89. The zero-order chi connectivity index (χ0) is 15.0. The minimum absolute atomic E-state index is 0.161. The molecule has 0 radical (unpaired) electrons. The van der Waals surface area contributed by atoms with Crippen LogP contribution in [0.5, 0.6) is 0 Å². The number of nitrogens with two attached hydrogens (primary N) is 1. The Morgan fingerprint density at radius 2 is 1.86 bits per heavy atom. The summed E-state index contributed by atoms with van der Waals surface area (Å²) in [4.78, 5) is 0.259. The van der Waals surface area contributed by atoms with Gasteiger partial charge in [0.05, 0.1) is 15.6 Å². The molecule has 2 N–H and O–H groups in total. The summed E-state index contributed by atoms with van der Waals surface area (Å²) in [6, 6.07) is 4.75. The SMILES string of the molecule is Nc1cc(S(=O)(=O)N2CCCC2C2CCCC2)ccc1Cl. The fourth-order valence-corrected chi connectivity index (χ4v) is 5.60. The summed E-state index contributed by atoms with van der Waals surface area (Å²) in [6.07, 6.45) is 6.68. The lowest BCUT2D eigenvalue weighted by molar-refractivity contribution is 0.288. The molecular weight excluding hydrogens is 308 g/mol. The lowest BCUT2D eigenvalue weighted by Crippen LogP contribution is -2.39. The Bertz CT molecular complexity index is 627. The molecule has 1 aliphatic carbocycles. The summed E-state index contributed by atoms with van der Waals surface area (Å²) >= 11 is 5.89. The molecule has 1 aromatic rings. The molecule has 2 aliphatic rings. The van der Waals surface area contributed by atoms with Crippen molar-refractivity contribution in [1.29, 1.82) is 0 Å². The number of rotatable bonds is 3. The highest BCUT2D eigenvalue weighted by atomic mass is 35.5. The molecule has 0 bridgehead atoms. The summed E-state index contributed by atoms with van der Waals surface area (Å²) < 4.78 is 27.5. The molecule has 1 atom stereocenters. The normalized spacial score (nSPS) is 24.7. The standard InChI is InChI=1S/C15H21ClN2O2S/c16-13-8-7-12(10-14(13)17)21(19,20)18-9-3-6-15(18)11-4-1-2-5-11/h7-8,10-11,15H,1-6,9,17H2. The average Bonchev–Trinajstić information content (AvgIpc) is 3.11. The summed E-state index contributed by atoms with van der Waals surface area (Å²) in [5.74, 6) is 0.520. The second-order valence-corrected chi connectivity index (χ2v) is 8.35. The first-order valence-electron chi connectivity index (χ1n) is 7.57. The van der Waals surface area contributed by atoms with Gasteiger partial charge in [-0.05, 0) is 49.8 Å². The van der Waals surface area contributed by atoms with Crippen molar-refractivity contribution in [2.45, 2.75) is 49.5 Å². The topological polar surface area (TPSA) is 63.4 Å². The van der Waals surface area contributed by atoms with Gasteiger partial charge in [-0.25, -0.2) is 8.42 Å². The Balaban J connectivity index is 1.91. The third kappa shape index (κ3) is 2.79. The number of halogens is 1. The molecule has 1 unspecified atom stereocenters. The van der Waals surface area contributed by atoms with E-state index in [1.165, 1.54) is 18.9 Å². The van der Waals surface area contributed by atoms with E-state index in [1.807, 2.05) is 0 Å². The Kier molecular flexibility index (Phi) is 4.17. The van der Waals surface area contributed by atoms with Crippen LogP contribution in [-0.4, -0.2) is 25.3 Å². The smallest absolute Gasteiger partial charge is 0.243 e. The lowest BCUT2D eigenvalue weighted by atomic mass is 9.97. The third-order valence-electron chi connectivity index (χ3n) is 4.77. The van der Waals surface area contributed by atoms with Crippen molar-refractivity contribution >= 4 is 27.3 Å². The lowest BCUT2D eigenvalue weighted by Gasteiger charge is -2.28. The Labute approximate surface area is 131 Å². The number of nitrogen functional groups attached to an aromatic ring is 1. The van der Waals surface area contributed by atoms with Crippen molar-refractivity contribution in [3.63, 3.8) is 0 Å². The first-order chi connectivity index (χ1) is 10.00. The molecule has 1 saturated carbocycles. The summed E-state index contributed by atoms with van der Waals surface area (Å²) in [7, 11) is -3.47. The van der Waals surface area contributed by atoms with Gasteiger partial charge in [0.25, 0.3) is 0 Å². The number of sulfonamides is 1. The number of hydrogen-bond donors (Lipinski definition) is 1. The highest BCUT2D eigenvalue weighted by Crippen LogP contribution is 2.38. The second kappa shape index (κ2) is 5.78. The molecule has 4 nitrogen and oxygen atoms in total. The maximum absolute atomic E-state index is 12.9. The van der Waals surface area contributed by atoms with E-state index in [2.05, 4.69) is 0 Å². The number of benzene rings is 1. The van der Waals surface area contributed by atoms with Gasteiger partial charge < -0.3 is 5.73 Å². The van der Waals surface area contributed by atoms with Gasteiger partial charge in [0.1, 0.15) is 0 Å². The van der Waals surface area contributed by atoms with Crippen LogP contribution < -0.4 is 5.73 Å². The molecule has 2 fully saturated rings. The van der Waals surface area contributed by atoms with Crippen molar-refractivity contribution in [2.75, 3.05) is 12.3 Å². The fourth-order valence-electron chi connectivity index (χ4n) is 3.70.